The van der Waals surface area contributed by atoms with Gasteiger partial charge in [0.1, 0.15) is 5.75 Å². The highest BCUT2D eigenvalue weighted by atomic mass is 16.5. The molecular formula is C13H10N2O2. The van der Waals surface area contributed by atoms with Crippen molar-refractivity contribution in [1.82, 2.24) is 10.3 Å². The Morgan fingerprint density at radius 3 is 2.71 bits per heavy atom. The molecule has 0 saturated heterocycles. The summed E-state index contributed by atoms with van der Waals surface area (Å²) in [5.74, 6) is 0.492. The fourth-order valence-corrected chi connectivity index (χ4v) is 1.80. The summed E-state index contributed by atoms with van der Waals surface area (Å²) in [4.78, 5) is 15.8. The molecule has 0 aliphatic carbocycles. The van der Waals surface area contributed by atoms with E-state index in [1.165, 1.54) is 0 Å². The molecule has 0 radical (unpaired) electrons. The molecule has 1 atom stereocenters. The van der Waals surface area contributed by atoms with Crippen LogP contribution in [0, 0.1) is 0 Å². The first-order valence-electron chi connectivity index (χ1n) is 5.31. The number of amides is 1. The van der Waals surface area contributed by atoms with Crippen LogP contribution in [0.1, 0.15) is 22.1 Å². The lowest BCUT2D eigenvalue weighted by atomic mass is 10.1. The lowest BCUT2D eigenvalue weighted by Crippen LogP contribution is -2.36. The molecule has 3 rings (SSSR count). The number of rotatable bonds is 1. The molecule has 0 fully saturated rings. The zero-order valence-corrected chi connectivity index (χ0v) is 8.96. The molecule has 0 spiro atoms. The second-order valence-electron chi connectivity index (χ2n) is 3.75. The van der Waals surface area contributed by atoms with Crippen molar-refractivity contribution in [2.75, 3.05) is 0 Å². The van der Waals surface area contributed by atoms with Gasteiger partial charge in [0.2, 0.25) is 0 Å². The van der Waals surface area contributed by atoms with Crippen LogP contribution in [0.4, 0.5) is 0 Å². The molecule has 2 aromatic rings. The summed E-state index contributed by atoms with van der Waals surface area (Å²) < 4.78 is 5.73. The van der Waals surface area contributed by atoms with Crippen molar-refractivity contribution in [3.63, 3.8) is 0 Å². The van der Waals surface area contributed by atoms with E-state index < -0.39 is 6.23 Å². The van der Waals surface area contributed by atoms with Crippen molar-refractivity contribution in [2.45, 2.75) is 6.23 Å². The van der Waals surface area contributed by atoms with Gasteiger partial charge in [0, 0.05) is 18.0 Å². The Bertz CT molecular complexity index is 554. The Morgan fingerprint density at radius 2 is 1.88 bits per heavy atom. The smallest absolute Gasteiger partial charge is 0.258 e. The fourth-order valence-electron chi connectivity index (χ4n) is 1.80. The van der Waals surface area contributed by atoms with Gasteiger partial charge in [0.25, 0.3) is 5.91 Å². The van der Waals surface area contributed by atoms with Gasteiger partial charge in [0.05, 0.1) is 5.56 Å². The van der Waals surface area contributed by atoms with Crippen LogP contribution in [0.5, 0.6) is 5.75 Å². The summed E-state index contributed by atoms with van der Waals surface area (Å²) in [6.45, 7) is 0. The molecule has 17 heavy (non-hydrogen) atoms. The highest BCUT2D eigenvalue weighted by Crippen LogP contribution is 2.28. The highest BCUT2D eigenvalue weighted by molar-refractivity contribution is 5.97. The molecule has 2 heterocycles. The monoisotopic (exact) mass is 226 g/mol. The minimum Gasteiger partial charge on any atom is -0.466 e. The molecule has 1 aromatic heterocycles. The topological polar surface area (TPSA) is 51.2 Å². The third-order valence-corrected chi connectivity index (χ3v) is 2.65. The maximum Gasteiger partial charge on any atom is 0.258 e. The summed E-state index contributed by atoms with van der Waals surface area (Å²) >= 11 is 0. The van der Waals surface area contributed by atoms with Crippen LogP contribution in [0.25, 0.3) is 0 Å². The van der Waals surface area contributed by atoms with Gasteiger partial charge in [-0.05, 0) is 24.3 Å². The first-order chi connectivity index (χ1) is 8.34. The number of pyridine rings is 1. The predicted molar refractivity (Wildman–Crippen MR) is 61.5 cm³/mol. The third kappa shape index (κ3) is 1.73. The van der Waals surface area contributed by atoms with Crippen LogP contribution in [0.15, 0.2) is 48.8 Å². The van der Waals surface area contributed by atoms with Gasteiger partial charge in [-0.25, -0.2) is 0 Å². The zero-order chi connectivity index (χ0) is 11.7. The van der Waals surface area contributed by atoms with E-state index in [0.29, 0.717) is 11.3 Å². The normalized spacial score (nSPS) is 17.9. The number of benzene rings is 1. The van der Waals surface area contributed by atoms with Gasteiger partial charge in [-0.1, -0.05) is 12.1 Å². The SMILES string of the molecule is O=C1NC(c2ccncc2)Oc2ccccc21. The molecule has 1 aromatic carbocycles. The van der Waals surface area contributed by atoms with Crippen molar-refractivity contribution in [3.05, 3.63) is 59.9 Å². The number of hydrogen-bond donors (Lipinski definition) is 1. The molecule has 1 aliphatic rings. The Kier molecular flexibility index (Phi) is 2.26. The van der Waals surface area contributed by atoms with Crippen LogP contribution in [-0.2, 0) is 0 Å². The number of carbonyl (C=O) groups is 1. The van der Waals surface area contributed by atoms with Gasteiger partial charge < -0.3 is 10.1 Å². The average molecular weight is 226 g/mol. The van der Waals surface area contributed by atoms with E-state index in [-0.39, 0.29) is 5.91 Å². The van der Waals surface area contributed by atoms with Crippen LogP contribution >= 0.6 is 0 Å². The van der Waals surface area contributed by atoms with Crippen LogP contribution in [-0.4, -0.2) is 10.9 Å². The Hall–Kier alpha value is -2.36. The van der Waals surface area contributed by atoms with E-state index >= 15 is 0 Å². The molecule has 1 N–H and O–H groups in total. The fraction of sp³-hybridized carbons (Fsp3) is 0.0769. The van der Waals surface area contributed by atoms with Gasteiger partial charge in [-0.2, -0.15) is 0 Å². The first-order valence-corrected chi connectivity index (χ1v) is 5.31. The number of carbonyl (C=O) groups excluding carboxylic acids is 1. The predicted octanol–water partition coefficient (Wildman–Crippen LogP) is 1.90. The summed E-state index contributed by atoms with van der Waals surface area (Å²) in [7, 11) is 0. The Balaban J connectivity index is 1.97. The summed E-state index contributed by atoms with van der Waals surface area (Å²) in [5.41, 5.74) is 1.45. The largest absolute Gasteiger partial charge is 0.466 e. The standard InChI is InChI=1S/C13H10N2O2/c16-12-10-3-1-2-4-11(10)17-13(15-12)9-5-7-14-8-6-9/h1-8,13H,(H,15,16). The quantitative estimate of drug-likeness (QED) is 0.808. The maximum absolute atomic E-state index is 11.9. The highest BCUT2D eigenvalue weighted by Gasteiger charge is 2.25. The number of nitrogens with zero attached hydrogens (tertiary/aromatic N) is 1. The molecular weight excluding hydrogens is 216 g/mol. The first kappa shape index (κ1) is 9.84. The third-order valence-electron chi connectivity index (χ3n) is 2.65. The Labute approximate surface area is 98.3 Å². The van der Waals surface area contributed by atoms with Crippen LogP contribution in [0.3, 0.4) is 0 Å². The van der Waals surface area contributed by atoms with Gasteiger partial charge in [-0.3, -0.25) is 9.78 Å². The molecule has 1 amide bonds. The molecule has 1 unspecified atom stereocenters. The van der Waals surface area contributed by atoms with Crippen molar-refractivity contribution in [2.24, 2.45) is 0 Å². The zero-order valence-electron chi connectivity index (χ0n) is 8.96. The van der Waals surface area contributed by atoms with Crippen molar-refractivity contribution >= 4 is 5.91 Å². The molecule has 0 saturated carbocycles. The van der Waals surface area contributed by atoms with Gasteiger partial charge in [-0.15, -0.1) is 0 Å². The number of ether oxygens (including phenoxy) is 1. The van der Waals surface area contributed by atoms with Crippen molar-refractivity contribution in [1.29, 1.82) is 0 Å². The minimum absolute atomic E-state index is 0.117. The molecule has 84 valence electrons. The number of hydrogen-bond acceptors (Lipinski definition) is 3. The molecule has 4 heteroatoms. The lowest BCUT2D eigenvalue weighted by molar-refractivity contribution is 0.0756. The number of aromatic nitrogens is 1. The molecule has 1 aliphatic heterocycles. The van der Waals surface area contributed by atoms with Crippen LogP contribution in [0.2, 0.25) is 0 Å². The van der Waals surface area contributed by atoms with Crippen molar-refractivity contribution in [3.8, 4) is 5.75 Å². The molecule has 4 nitrogen and oxygen atoms in total. The molecule has 0 bridgehead atoms. The summed E-state index contributed by atoms with van der Waals surface area (Å²) in [6, 6.07) is 10.8. The minimum atomic E-state index is -0.444. The number of nitrogens with one attached hydrogen (secondary N) is 1. The second-order valence-corrected chi connectivity index (χ2v) is 3.75. The lowest BCUT2D eigenvalue weighted by Gasteiger charge is -2.26. The van der Waals surface area contributed by atoms with E-state index in [2.05, 4.69) is 10.3 Å². The van der Waals surface area contributed by atoms with Gasteiger partial charge >= 0.3 is 0 Å². The van der Waals surface area contributed by atoms with Gasteiger partial charge in [0.15, 0.2) is 6.23 Å². The summed E-state index contributed by atoms with van der Waals surface area (Å²) in [6.07, 6.45) is 2.90. The average Bonchev–Trinajstić information content (AvgIpc) is 2.40. The van der Waals surface area contributed by atoms with Crippen LogP contribution < -0.4 is 10.1 Å². The number of fused-ring (bicyclic) bond motifs is 1. The Morgan fingerprint density at radius 1 is 1.12 bits per heavy atom. The maximum atomic E-state index is 11.9. The van der Waals surface area contributed by atoms with Crippen molar-refractivity contribution < 1.29 is 9.53 Å². The summed E-state index contributed by atoms with van der Waals surface area (Å²) in [5, 5.41) is 2.80. The second kappa shape index (κ2) is 3.90. The van der Waals surface area contributed by atoms with E-state index in [9.17, 15) is 4.79 Å². The van der Waals surface area contributed by atoms with E-state index in [4.69, 9.17) is 4.74 Å². The van der Waals surface area contributed by atoms with E-state index in [1.807, 2.05) is 24.3 Å². The number of para-hydroxylation sites is 1. The van der Waals surface area contributed by atoms with E-state index in [0.717, 1.165) is 5.56 Å². The van der Waals surface area contributed by atoms with E-state index in [1.54, 1.807) is 24.5 Å².